The summed E-state index contributed by atoms with van der Waals surface area (Å²) in [6.45, 7) is 9.34. The van der Waals surface area contributed by atoms with Crippen molar-refractivity contribution in [1.82, 2.24) is 15.6 Å². The predicted octanol–water partition coefficient (Wildman–Crippen LogP) is 1.91. The molecule has 3 heterocycles. The number of guanidine groups is 1. The fraction of sp³-hybridized carbons (Fsp3) is 0.647. The molecular weight excluding hydrogens is 326 g/mol. The van der Waals surface area contributed by atoms with Gasteiger partial charge in [-0.3, -0.25) is 4.99 Å². The minimum atomic E-state index is 0.186. The third kappa shape index (κ3) is 4.11. The van der Waals surface area contributed by atoms with Crippen LogP contribution in [0.3, 0.4) is 0 Å². The first-order valence-electron chi connectivity index (χ1n) is 8.58. The molecule has 0 radical (unpaired) electrons. The van der Waals surface area contributed by atoms with Gasteiger partial charge in [0.1, 0.15) is 5.82 Å². The fourth-order valence-electron chi connectivity index (χ4n) is 3.01. The minimum Gasteiger partial charge on any atom is -0.380 e. The maximum Gasteiger partial charge on any atom is 0.191 e. The largest absolute Gasteiger partial charge is 0.380 e. The average molecular weight is 352 g/mol. The standard InChI is InChI=1S/C17H26ClN5O/c1-3-19-16(21-10-17(2)11-24-12-17)22-13-6-8-23(9-13)15-14(18)5-4-7-20-15/h4-5,7,13H,3,6,8-12H2,1-2H3,(H2,19,21,22). The van der Waals surface area contributed by atoms with E-state index in [-0.39, 0.29) is 5.41 Å². The van der Waals surface area contributed by atoms with Gasteiger partial charge in [0, 0.05) is 37.3 Å². The third-order valence-corrected chi connectivity index (χ3v) is 4.73. The maximum atomic E-state index is 6.26. The zero-order valence-electron chi connectivity index (χ0n) is 14.4. The van der Waals surface area contributed by atoms with Crippen LogP contribution in [0, 0.1) is 5.41 Å². The minimum absolute atomic E-state index is 0.186. The Balaban J connectivity index is 1.58. The lowest BCUT2D eigenvalue weighted by Gasteiger charge is -2.36. The Bertz CT molecular complexity index is 590. The lowest BCUT2D eigenvalue weighted by molar-refractivity contribution is -0.0945. The van der Waals surface area contributed by atoms with Crippen LogP contribution in [-0.2, 0) is 4.74 Å². The molecule has 2 aliphatic heterocycles. The van der Waals surface area contributed by atoms with Crippen LogP contribution < -0.4 is 15.5 Å². The van der Waals surface area contributed by atoms with Gasteiger partial charge in [0.2, 0.25) is 0 Å². The van der Waals surface area contributed by atoms with Crippen molar-refractivity contribution >= 4 is 23.4 Å². The highest BCUT2D eigenvalue weighted by atomic mass is 35.5. The van der Waals surface area contributed by atoms with Crippen LogP contribution in [0.5, 0.6) is 0 Å². The molecule has 2 N–H and O–H groups in total. The summed E-state index contributed by atoms with van der Waals surface area (Å²) in [6, 6.07) is 4.09. The molecule has 3 rings (SSSR count). The van der Waals surface area contributed by atoms with Gasteiger partial charge in [0.25, 0.3) is 0 Å². The van der Waals surface area contributed by atoms with E-state index in [0.717, 1.165) is 57.6 Å². The predicted molar refractivity (Wildman–Crippen MR) is 97.9 cm³/mol. The van der Waals surface area contributed by atoms with Gasteiger partial charge in [0.15, 0.2) is 5.96 Å². The quantitative estimate of drug-likeness (QED) is 0.626. The van der Waals surface area contributed by atoms with Crippen molar-refractivity contribution in [3.05, 3.63) is 23.4 Å². The van der Waals surface area contributed by atoms with Crippen molar-refractivity contribution in [3.8, 4) is 0 Å². The molecule has 2 aliphatic rings. The SMILES string of the molecule is CCNC(=NCC1(C)COC1)NC1CCN(c2ncccc2Cl)C1. The molecule has 24 heavy (non-hydrogen) atoms. The Kier molecular flexibility index (Phi) is 5.46. The summed E-state index contributed by atoms with van der Waals surface area (Å²) in [4.78, 5) is 11.4. The number of ether oxygens (including phenoxy) is 1. The van der Waals surface area contributed by atoms with Crippen LogP contribution in [0.15, 0.2) is 23.3 Å². The van der Waals surface area contributed by atoms with E-state index in [4.69, 9.17) is 21.3 Å². The van der Waals surface area contributed by atoms with E-state index in [1.165, 1.54) is 0 Å². The average Bonchev–Trinajstić information content (AvgIpc) is 3.00. The molecule has 7 heteroatoms. The van der Waals surface area contributed by atoms with Crippen LogP contribution in [0.4, 0.5) is 5.82 Å². The number of halogens is 1. The van der Waals surface area contributed by atoms with Gasteiger partial charge in [0.05, 0.1) is 24.8 Å². The molecule has 1 unspecified atom stereocenters. The van der Waals surface area contributed by atoms with Gasteiger partial charge in [-0.1, -0.05) is 18.5 Å². The zero-order valence-corrected chi connectivity index (χ0v) is 15.1. The van der Waals surface area contributed by atoms with Crippen LogP contribution in [0.25, 0.3) is 0 Å². The highest BCUT2D eigenvalue weighted by Crippen LogP contribution is 2.27. The first kappa shape index (κ1) is 17.3. The van der Waals surface area contributed by atoms with E-state index in [2.05, 4.69) is 34.4 Å². The van der Waals surface area contributed by atoms with Gasteiger partial charge in [-0.25, -0.2) is 4.98 Å². The zero-order chi connectivity index (χ0) is 17.0. The Labute approximate surface area is 148 Å². The number of hydrogen-bond acceptors (Lipinski definition) is 4. The molecule has 0 saturated carbocycles. The van der Waals surface area contributed by atoms with Crippen molar-refractivity contribution in [3.63, 3.8) is 0 Å². The Hall–Kier alpha value is -1.53. The summed E-state index contributed by atoms with van der Waals surface area (Å²) in [6.07, 6.45) is 2.83. The number of nitrogens with one attached hydrogen (secondary N) is 2. The number of pyridine rings is 1. The Morgan fingerprint density at radius 2 is 2.38 bits per heavy atom. The molecular formula is C17H26ClN5O. The molecule has 0 aliphatic carbocycles. The van der Waals surface area contributed by atoms with Crippen LogP contribution in [0.1, 0.15) is 20.3 Å². The van der Waals surface area contributed by atoms with Gasteiger partial charge in [-0.15, -0.1) is 0 Å². The number of aromatic nitrogens is 1. The van der Waals surface area contributed by atoms with E-state index in [1.54, 1.807) is 6.20 Å². The lowest BCUT2D eigenvalue weighted by atomic mass is 9.89. The van der Waals surface area contributed by atoms with Crippen molar-refractivity contribution in [2.75, 3.05) is 44.3 Å². The van der Waals surface area contributed by atoms with Crippen LogP contribution >= 0.6 is 11.6 Å². The monoisotopic (exact) mass is 351 g/mol. The summed E-state index contributed by atoms with van der Waals surface area (Å²) in [5.41, 5.74) is 0.186. The Morgan fingerprint density at radius 1 is 1.54 bits per heavy atom. The number of hydrogen-bond donors (Lipinski definition) is 2. The van der Waals surface area contributed by atoms with Gasteiger partial charge >= 0.3 is 0 Å². The van der Waals surface area contributed by atoms with Crippen LogP contribution in [0.2, 0.25) is 5.02 Å². The molecule has 1 aromatic rings. The van der Waals surface area contributed by atoms with Gasteiger partial charge in [-0.05, 0) is 25.5 Å². The maximum absolute atomic E-state index is 6.26. The molecule has 0 spiro atoms. The first-order chi connectivity index (χ1) is 11.6. The molecule has 6 nitrogen and oxygen atoms in total. The normalized spacial score (nSPS) is 23.0. The van der Waals surface area contributed by atoms with Gasteiger partial charge < -0.3 is 20.3 Å². The molecule has 1 aromatic heterocycles. The smallest absolute Gasteiger partial charge is 0.191 e. The summed E-state index contributed by atoms with van der Waals surface area (Å²) >= 11 is 6.26. The molecule has 2 fully saturated rings. The molecule has 132 valence electrons. The number of aliphatic imine (C=N–C) groups is 1. The fourth-order valence-corrected chi connectivity index (χ4v) is 3.25. The summed E-state index contributed by atoms with van der Waals surface area (Å²) in [5, 5.41) is 7.58. The summed E-state index contributed by atoms with van der Waals surface area (Å²) in [5.74, 6) is 1.74. The van der Waals surface area contributed by atoms with Crippen molar-refractivity contribution in [1.29, 1.82) is 0 Å². The molecule has 2 saturated heterocycles. The number of rotatable bonds is 5. The number of anilines is 1. The van der Waals surface area contributed by atoms with E-state index in [1.807, 2.05) is 12.1 Å². The second kappa shape index (κ2) is 7.57. The topological polar surface area (TPSA) is 61.8 Å². The van der Waals surface area contributed by atoms with Crippen LogP contribution in [-0.4, -0.2) is 56.4 Å². The van der Waals surface area contributed by atoms with Crippen molar-refractivity contribution < 1.29 is 4.74 Å². The number of nitrogens with zero attached hydrogens (tertiary/aromatic N) is 3. The van der Waals surface area contributed by atoms with Crippen molar-refractivity contribution in [2.24, 2.45) is 10.4 Å². The lowest BCUT2D eigenvalue weighted by Crippen LogP contribution is -2.47. The van der Waals surface area contributed by atoms with Gasteiger partial charge in [-0.2, -0.15) is 0 Å². The second-order valence-electron chi connectivity index (χ2n) is 6.88. The molecule has 1 atom stereocenters. The van der Waals surface area contributed by atoms with E-state index in [9.17, 15) is 0 Å². The molecule has 0 aromatic carbocycles. The summed E-state index contributed by atoms with van der Waals surface area (Å²) < 4.78 is 5.30. The molecule has 0 amide bonds. The van der Waals surface area contributed by atoms with Crippen molar-refractivity contribution in [2.45, 2.75) is 26.3 Å². The second-order valence-corrected chi connectivity index (χ2v) is 7.29. The highest BCUT2D eigenvalue weighted by molar-refractivity contribution is 6.32. The third-order valence-electron chi connectivity index (χ3n) is 4.43. The van der Waals surface area contributed by atoms with E-state index < -0.39 is 0 Å². The first-order valence-corrected chi connectivity index (χ1v) is 8.95. The van der Waals surface area contributed by atoms with E-state index in [0.29, 0.717) is 11.1 Å². The summed E-state index contributed by atoms with van der Waals surface area (Å²) in [7, 11) is 0. The molecule has 0 bridgehead atoms. The van der Waals surface area contributed by atoms with E-state index >= 15 is 0 Å². The Morgan fingerprint density at radius 3 is 3.04 bits per heavy atom. The highest BCUT2D eigenvalue weighted by Gasteiger charge is 2.33.